The van der Waals surface area contributed by atoms with E-state index in [1.54, 1.807) is 0 Å². The van der Waals surface area contributed by atoms with Gasteiger partial charge in [-0.05, 0) is 31.9 Å². The van der Waals surface area contributed by atoms with Gasteiger partial charge >= 0.3 is 0 Å². The second kappa shape index (κ2) is 5.26. The van der Waals surface area contributed by atoms with Gasteiger partial charge in [0.25, 0.3) is 5.91 Å². The van der Waals surface area contributed by atoms with E-state index in [-0.39, 0.29) is 11.9 Å². The number of aromatic hydroxyl groups is 1. The van der Waals surface area contributed by atoms with E-state index in [1.165, 1.54) is 19.1 Å². The maximum absolute atomic E-state index is 13.5. The average molecular weight is 266 g/mol. The Morgan fingerprint density at radius 1 is 1.42 bits per heavy atom. The standard InChI is InChI=1S/C13H15FN2O3/c1-7(12(18)16-8-5-6-8)15-13(19)11-9(14)3-2-4-10(11)17/h2-4,7-8,17H,5-6H2,1H3,(H,15,19)(H,16,18). The molecule has 1 aliphatic rings. The third-order valence-electron chi connectivity index (χ3n) is 2.88. The van der Waals surface area contributed by atoms with E-state index in [1.807, 2.05) is 0 Å². The molecule has 1 aromatic rings. The van der Waals surface area contributed by atoms with Crippen LogP contribution in [-0.2, 0) is 4.79 Å². The minimum atomic E-state index is -0.827. The number of halogens is 1. The van der Waals surface area contributed by atoms with Crippen molar-refractivity contribution in [2.45, 2.75) is 31.8 Å². The molecule has 1 saturated carbocycles. The van der Waals surface area contributed by atoms with Crippen molar-refractivity contribution in [3.8, 4) is 5.75 Å². The van der Waals surface area contributed by atoms with Crippen molar-refractivity contribution < 1.29 is 19.1 Å². The largest absolute Gasteiger partial charge is 0.507 e. The van der Waals surface area contributed by atoms with Crippen LogP contribution in [-0.4, -0.2) is 29.0 Å². The minimum absolute atomic E-state index is 0.189. The van der Waals surface area contributed by atoms with Gasteiger partial charge < -0.3 is 15.7 Å². The average Bonchev–Trinajstić information content (AvgIpc) is 3.12. The fraction of sp³-hybridized carbons (Fsp3) is 0.385. The number of phenolic OH excluding ortho intramolecular Hbond substituents is 1. The summed E-state index contributed by atoms with van der Waals surface area (Å²) in [7, 11) is 0. The van der Waals surface area contributed by atoms with E-state index >= 15 is 0 Å². The van der Waals surface area contributed by atoms with Gasteiger partial charge in [0.2, 0.25) is 5.91 Å². The molecule has 3 N–H and O–H groups in total. The van der Waals surface area contributed by atoms with Crippen molar-refractivity contribution in [1.29, 1.82) is 0 Å². The summed E-state index contributed by atoms with van der Waals surface area (Å²) < 4.78 is 13.5. The number of phenols is 1. The SMILES string of the molecule is CC(NC(=O)c1c(O)cccc1F)C(=O)NC1CC1. The summed E-state index contributed by atoms with van der Waals surface area (Å²) in [4.78, 5) is 23.5. The molecule has 0 aromatic heterocycles. The fourth-order valence-corrected chi connectivity index (χ4v) is 1.63. The number of carbonyl (C=O) groups is 2. The molecule has 1 aliphatic carbocycles. The van der Waals surface area contributed by atoms with Gasteiger partial charge in [-0.25, -0.2) is 4.39 Å². The number of nitrogens with one attached hydrogen (secondary N) is 2. The van der Waals surface area contributed by atoms with Crippen molar-refractivity contribution in [2.75, 3.05) is 0 Å². The Kier molecular flexibility index (Phi) is 3.69. The molecule has 0 heterocycles. The number of hydrogen-bond donors (Lipinski definition) is 3. The van der Waals surface area contributed by atoms with Crippen molar-refractivity contribution in [1.82, 2.24) is 10.6 Å². The van der Waals surface area contributed by atoms with Crippen LogP contribution in [0.4, 0.5) is 4.39 Å². The highest BCUT2D eigenvalue weighted by Gasteiger charge is 2.27. The first-order chi connectivity index (χ1) is 8.99. The molecule has 0 bridgehead atoms. The number of carbonyl (C=O) groups excluding carboxylic acids is 2. The zero-order valence-electron chi connectivity index (χ0n) is 10.4. The van der Waals surface area contributed by atoms with Crippen molar-refractivity contribution in [3.63, 3.8) is 0 Å². The Bertz CT molecular complexity index is 494. The molecule has 0 spiro atoms. The van der Waals surface area contributed by atoms with E-state index < -0.39 is 29.1 Å². The van der Waals surface area contributed by atoms with Crippen LogP contribution in [0.3, 0.4) is 0 Å². The van der Waals surface area contributed by atoms with E-state index in [0.29, 0.717) is 0 Å². The maximum Gasteiger partial charge on any atom is 0.258 e. The minimum Gasteiger partial charge on any atom is -0.507 e. The van der Waals surface area contributed by atoms with Gasteiger partial charge in [0, 0.05) is 6.04 Å². The number of amides is 2. The number of benzene rings is 1. The Labute approximate surface area is 109 Å². The third kappa shape index (κ3) is 3.21. The summed E-state index contributed by atoms with van der Waals surface area (Å²) in [6.07, 6.45) is 1.89. The summed E-state index contributed by atoms with van der Waals surface area (Å²) in [5.41, 5.74) is -0.450. The molecule has 1 atom stereocenters. The molecule has 102 valence electrons. The topological polar surface area (TPSA) is 78.4 Å². The summed E-state index contributed by atoms with van der Waals surface area (Å²) in [6.45, 7) is 1.51. The lowest BCUT2D eigenvalue weighted by Gasteiger charge is -2.14. The number of rotatable bonds is 4. The molecule has 2 rings (SSSR count). The van der Waals surface area contributed by atoms with E-state index in [4.69, 9.17) is 0 Å². The van der Waals surface area contributed by atoms with Crippen LogP contribution in [0, 0.1) is 5.82 Å². The van der Waals surface area contributed by atoms with Crippen LogP contribution in [0.25, 0.3) is 0 Å². The zero-order valence-corrected chi connectivity index (χ0v) is 10.4. The normalized spacial score (nSPS) is 15.7. The molecule has 0 aliphatic heterocycles. The van der Waals surface area contributed by atoms with Crippen LogP contribution in [0.15, 0.2) is 18.2 Å². The third-order valence-corrected chi connectivity index (χ3v) is 2.88. The summed E-state index contributed by atoms with van der Waals surface area (Å²) in [5, 5.41) is 14.6. The van der Waals surface area contributed by atoms with Crippen molar-refractivity contribution in [3.05, 3.63) is 29.6 Å². The first-order valence-corrected chi connectivity index (χ1v) is 6.07. The highest BCUT2D eigenvalue weighted by atomic mass is 19.1. The summed E-state index contributed by atoms with van der Waals surface area (Å²) in [6, 6.07) is 2.99. The Hall–Kier alpha value is -2.11. The highest BCUT2D eigenvalue weighted by molar-refractivity contribution is 5.99. The van der Waals surface area contributed by atoms with Gasteiger partial charge in [0.15, 0.2) is 0 Å². The lowest BCUT2D eigenvalue weighted by molar-refractivity contribution is -0.122. The molecule has 1 aromatic carbocycles. The lowest BCUT2D eigenvalue weighted by atomic mass is 10.1. The van der Waals surface area contributed by atoms with Crippen molar-refractivity contribution >= 4 is 11.8 Å². The molecule has 6 heteroatoms. The van der Waals surface area contributed by atoms with Gasteiger partial charge in [-0.1, -0.05) is 6.07 Å². The molecular formula is C13H15FN2O3. The second-order valence-corrected chi connectivity index (χ2v) is 4.61. The van der Waals surface area contributed by atoms with Gasteiger partial charge in [0.05, 0.1) is 0 Å². The molecule has 19 heavy (non-hydrogen) atoms. The zero-order chi connectivity index (χ0) is 14.0. The number of hydrogen-bond acceptors (Lipinski definition) is 3. The van der Waals surface area contributed by atoms with Crippen LogP contribution in [0.1, 0.15) is 30.1 Å². The maximum atomic E-state index is 13.5. The fourth-order valence-electron chi connectivity index (χ4n) is 1.63. The van der Waals surface area contributed by atoms with Crippen LogP contribution >= 0.6 is 0 Å². The molecule has 1 unspecified atom stereocenters. The second-order valence-electron chi connectivity index (χ2n) is 4.61. The monoisotopic (exact) mass is 266 g/mol. The van der Waals surface area contributed by atoms with Crippen LogP contribution in [0.5, 0.6) is 5.75 Å². The molecule has 0 saturated heterocycles. The van der Waals surface area contributed by atoms with Crippen LogP contribution < -0.4 is 10.6 Å². The van der Waals surface area contributed by atoms with E-state index in [0.717, 1.165) is 18.9 Å². The summed E-state index contributed by atoms with van der Waals surface area (Å²) in [5.74, 6) is -2.40. The molecular weight excluding hydrogens is 251 g/mol. The van der Waals surface area contributed by atoms with Crippen molar-refractivity contribution in [2.24, 2.45) is 0 Å². The first-order valence-electron chi connectivity index (χ1n) is 6.07. The van der Waals surface area contributed by atoms with Crippen LogP contribution in [0.2, 0.25) is 0 Å². The molecule has 5 nitrogen and oxygen atoms in total. The first kappa shape index (κ1) is 13.3. The predicted octanol–water partition coefficient (Wildman–Crippen LogP) is 0.928. The Morgan fingerprint density at radius 2 is 2.11 bits per heavy atom. The predicted molar refractivity (Wildman–Crippen MR) is 66.2 cm³/mol. The highest BCUT2D eigenvalue weighted by Crippen LogP contribution is 2.20. The van der Waals surface area contributed by atoms with E-state index in [9.17, 15) is 19.1 Å². The van der Waals surface area contributed by atoms with Gasteiger partial charge in [-0.15, -0.1) is 0 Å². The Morgan fingerprint density at radius 3 is 2.68 bits per heavy atom. The van der Waals surface area contributed by atoms with Gasteiger partial charge in [0.1, 0.15) is 23.2 Å². The van der Waals surface area contributed by atoms with E-state index in [2.05, 4.69) is 10.6 Å². The molecule has 1 fully saturated rings. The molecule has 0 radical (unpaired) electrons. The smallest absolute Gasteiger partial charge is 0.258 e. The van der Waals surface area contributed by atoms with Gasteiger partial charge in [-0.3, -0.25) is 9.59 Å². The van der Waals surface area contributed by atoms with Gasteiger partial charge in [-0.2, -0.15) is 0 Å². The quantitative estimate of drug-likeness (QED) is 0.758. The lowest BCUT2D eigenvalue weighted by Crippen LogP contribution is -2.45. The molecule has 2 amide bonds. The Balaban J connectivity index is 2.01. The summed E-state index contributed by atoms with van der Waals surface area (Å²) >= 11 is 0.